The van der Waals surface area contributed by atoms with Crippen molar-refractivity contribution in [2.75, 3.05) is 0 Å². The minimum atomic E-state index is -4.64. The molecule has 0 N–H and O–H groups in total. The molecule has 0 fully saturated rings. The van der Waals surface area contributed by atoms with E-state index in [0.29, 0.717) is 5.56 Å². The Morgan fingerprint density at radius 3 is 1.88 bits per heavy atom. The predicted octanol–water partition coefficient (Wildman–Crippen LogP) is 6.31. The topological polar surface area (TPSA) is 0 Å². The molecular weight excluding hydrogens is 348 g/mol. The number of halogens is 4. The van der Waals surface area contributed by atoms with Gasteiger partial charge in [0.1, 0.15) is 0 Å². The third kappa shape index (κ3) is 3.35. The molecule has 0 bridgehead atoms. The van der Waals surface area contributed by atoms with Crippen LogP contribution in [0.25, 0.3) is 0 Å². The smallest absolute Gasteiger partial charge is 0.271 e. The summed E-state index contributed by atoms with van der Waals surface area (Å²) < 4.78 is 57.1. The summed E-state index contributed by atoms with van der Waals surface area (Å²) in [5.41, 5.74) is 1.29. The van der Waals surface area contributed by atoms with Crippen LogP contribution in [0, 0.1) is 0 Å². The first kappa shape index (κ1) is 17.4. The monoisotopic (exact) mass is 368 g/mol. The second-order valence-corrected chi connectivity index (χ2v) is 12.0. The molecule has 0 radical (unpaired) electrons. The van der Waals surface area contributed by atoms with E-state index in [1.165, 1.54) is 0 Å². The maximum Gasteiger partial charge on any atom is 0.426 e. The van der Waals surface area contributed by atoms with Crippen LogP contribution in [0.4, 0.5) is 16.4 Å². The number of fused-ring (bicyclic) bond motifs is 1. The fraction of sp³-hybridized carbons (Fsp3) is 0.333. The van der Waals surface area contributed by atoms with E-state index in [4.69, 9.17) is 0 Å². The van der Waals surface area contributed by atoms with Gasteiger partial charge < -0.3 is 0 Å². The third-order valence-corrected chi connectivity index (χ3v) is 7.91. The summed E-state index contributed by atoms with van der Waals surface area (Å²) in [6, 6.07) is 15.9. The highest BCUT2D eigenvalue weighted by Gasteiger charge is 2.56. The van der Waals surface area contributed by atoms with E-state index in [2.05, 4.69) is 0 Å². The van der Waals surface area contributed by atoms with Gasteiger partial charge in [0.15, 0.2) is 0 Å². The first-order chi connectivity index (χ1) is 11.2. The number of hydrogen-bond donors (Lipinski definition) is 0. The summed E-state index contributed by atoms with van der Waals surface area (Å²) in [5, 5.41) is 0. The van der Waals surface area contributed by atoms with Crippen LogP contribution in [0.3, 0.4) is 0 Å². The Hall–Kier alpha value is -1.41. The van der Waals surface area contributed by atoms with Gasteiger partial charge in [0.25, 0.3) is 0 Å². The Labute approximate surface area is 142 Å². The highest BCUT2D eigenvalue weighted by atomic mass is 28.4. The van der Waals surface area contributed by atoms with Crippen molar-refractivity contribution in [1.29, 1.82) is 0 Å². The Balaban J connectivity index is 2.16. The number of hydrogen-bond acceptors (Lipinski definition) is 0. The first-order valence-corrected chi connectivity index (χ1v) is 12.9. The lowest BCUT2D eigenvalue weighted by Crippen LogP contribution is -2.33. The van der Waals surface area contributed by atoms with Crippen molar-refractivity contribution in [3.8, 4) is 0 Å². The zero-order valence-electron chi connectivity index (χ0n) is 13.6. The van der Waals surface area contributed by atoms with Crippen molar-refractivity contribution >= 4 is 17.5 Å². The molecule has 0 aromatic heterocycles. The molecule has 0 nitrogen and oxygen atoms in total. The molecule has 24 heavy (non-hydrogen) atoms. The fourth-order valence-corrected chi connectivity index (χ4v) is 7.51. The summed E-state index contributed by atoms with van der Waals surface area (Å²) in [6.07, 6.45) is 0. The van der Waals surface area contributed by atoms with E-state index in [1.54, 1.807) is 12.1 Å². The molecule has 3 rings (SSSR count). The van der Waals surface area contributed by atoms with Crippen LogP contribution in [0.15, 0.2) is 54.6 Å². The minimum Gasteiger partial charge on any atom is -0.271 e. The second-order valence-electron chi connectivity index (χ2n) is 6.88. The lowest BCUT2D eigenvalue weighted by atomic mass is 9.92. The van der Waals surface area contributed by atoms with Crippen molar-refractivity contribution in [3.05, 3.63) is 71.3 Å². The van der Waals surface area contributed by atoms with E-state index in [0.717, 1.165) is 24.2 Å². The van der Waals surface area contributed by atoms with Crippen molar-refractivity contribution < 1.29 is 16.4 Å². The zero-order chi connectivity index (χ0) is 17.5. The summed E-state index contributed by atoms with van der Waals surface area (Å²) >= 11 is 0. The molecule has 0 saturated heterocycles. The standard InChI is InChI=1S/C18H20F4Si2/c1-23(19,20)12-16-14-10-6-7-11-15(14)17(18(16)24(2,21)22)13-8-4-3-5-9-13/h3-11,16-18H,12H2,1-2H3/t16-,17-,18-/m1/s1. The van der Waals surface area contributed by atoms with Gasteiger partial charge in [0.2, 0.25) is 0 Å². The average Bonchev–Trinajstić information content (AvgIpc) is 2.81. The molecule has 0 aliphatic heterocycles. The molecule has 3 atom stereocenters. The van der Waals surface area contributed by atoms with E-state index < -0.39 is 40.9 Å². The minimum absolute atomic E-state index is 0.394. The first-order valence-electron chi connectivity index (χ1n) is 8.08. The van der Waals surface area contributed by atoms with Crippen LogP contribution < -0.4 is 0 Å². The van der Waals surface area contributed by atoms with E-state index in [1.807, 2.05) is 42.5 Å². The molecule has 128 valence electrons. The quantitative estimate of drug-likeness (QED) is 0.337. The van der Waals surface area contributed by atoms with Crippen LogP contribution in [0.2, 0.25) is 24.7 Å². The average molecular weight is 369 g/mol. The largest absolute Gasteiger partial charge is 0.426 e. The van der Waals surface area contributed by atoms with Gasteiger partial charge in [-0.3, -0.25) is 16.4 Å². The molecule has 2 aromatic rings. The number of rotatable bonds is 4. The van der Waals surface area contributed by atoms with Gasteiger partial charge in [-0.2, -0.15) is 0 Å². The van der Waals surface area contributed by atoms with Gasteiger partial charge in [-0.15, -0.1) is 0 Å². The highest BCUT2D eigenvalue weighted by molar-refractivity contribution is 6.68. The van der Waals surface area contributed by atoms with Crippen molar-refractivity contribution in [2.45, 2.75) is 36.5 Å². The van der Waals surface area contributed by atoms with Crippen LogP contribution in [-0.4, -0.2) is 17.5 Å². The SMILES string of the molecule is C[Si](F)(F)C[C@@H]1c2ccccc2[C@@H](c2ccccc2)[C@@H]1[Si](C)(F)F. The highest BCUT2D eigenvalue weighted by Crippen LogP contribution is 2.60. The normalized spacial score (nSPS) is 24.0. The maximum absolute atomic E-state index is 14.7. The molecule has 0 heterocycles. The van der Waals surface area contributed by atoms with Crippen LogP contribution in [-0.2, 0) is 0 Å². The Morgan fingerprint density at radius 1 is 0.792 bits per heavy atom. The Kier molecular flexibility index (Phi) is 4.46. The van der Waals surface area contributed by atoms with Crippen molar-refractivity contribution in [1.82, 2.24) is 0 Å². The third-order valence-electron chi connectivity index (χ3n) is 4.85. The molecule has 0 spiro atoms. The van der Waals surface area contributed by atoms with Gasteiger partial charge in [-0.1, -0.05) is 54.6 Å². The van der Waals surface area contributed by atoms with Gasteiger partial charge in [0.05, 0.1) is 0 Å². The van der Waals surface area contributed by atoms with Gasteiger partial charge in [-0.05, 0) is 35.7 Å². The van der Waals surface area contributed by atoms with Crippen LogP contribution in [0.5, 0.6) is 0 Å². The zero-order valence-corrected chi connectivity index (χ0v) is 15.6. The van der Waals surface area contributed by atoms with E-state index in [9.17, 15) is 16.4 Å². The molecule has 1 aliphatic rings. The fourth-order valence-electron chi connectivity index (χ4n) is 4.07. The lowest BCUT2D eigenvalue weighted by molar-refractivity contribution is 0.493. The maximum atomic E-state index is 14.7. The van der Waals surface area contributed by atoms with Gasteiger partial charge in [0, 0.05) is 17.5 Å². The molecular formula is C18H20F4Si2. The molecule has 0 amide bonds. The molecule has 2 aromatic carbocycles. The van der Waals surface area contributed by atoms with Gasteiger partial charge >= 0.3 is 17.5 Å². The van der Waals surface area contributed by atoms with E-state index in [-0.39, 0.29) is 0 Å². The predicted molar refractivity (Wildman–Crippen MR) is 93.7 cm³/mol. The Morgan fingerprint density at radius 2 is 1.33 bits per heavy atom. The van der Waals surface area contributed by atoms with E-state index >= 15 is 0 Å². The van der Waals surface area contributed by atoms with Crippen molar-refractivity contribution in [2.24, 2.45) is 0 Å². The molecule has 0 saturated carbocycles. The van der Waals surface area contributed by atoms with Gasteiger partial charge in [-0.25, -0.2) is 0 Å². The lowest BCUT2D eigenvalue weighted by Gasteiger charge is -2.30. The summed E-state index contributed by atoms with van der Waals surface area (Å²) in [4.78, 5) is 0. The second kappa shape index (κ2) is 6.15. The van der Waals surface area contributed by atoms with Crippen molar-refractivity contribution in [3.63, 3.8) is 0 Å². The summed E-state index contributed by atoms with van der Waals surface area (Å²) in [7, 11) is -9.09. The Bertz CT molecular complexity index is 707. The summed E-state index contributed by atoms with van der Waals surface area (Å²) in [5.74, 6) is -1.24. The summed E-state index contributed by atoms with van der Waals surface area (Å²) in [6.45, 7) is 1.96. The molecule has 1 aliphatic carbocycles. The van der Waals surface area contributed by atoms with Crippen LogP contribution >= 0.6 is 0 Å². The van der Waals surface area contributed by atoms with Crippen LogP contribution in [0.1, 0.15) is 28.5 Å². The number of benzene rings is 2. The molecule has 0 unspecified atom stereocenters. The molecule has 6 heteroatoms.